The predicted octanol–water partition coefficient (Wildman–Crippen LogP) is 3.87. The molecule has 5 heteroatoms. The van der Waals surface area contributed by atoms with Crippen LogP contribution < -0.4 is 4.74 Å². The van der Waals surface area contributed by atoms with Gasteiger partial charge < -0.3 is 4.74 Å². The number of carbonyl (C=O) groups excluding carboxylic acids is 1. The van der Waals surface area contributed by atoms with Gasteiger partial charge in [-0.3, -0.25) is 4.79 Å². The molecule has 1 aliphatic carbocycles. The highest BCUT2D eigenvalue weighted by Gasteiger charge is 2.23. The average Bonchev–Trinajstić information content (AvgIpc) is 2.85. The standard InChI is InChI=1S/C13H13BrF2O2/c14-9-5-10(15)13(16)12(6-9)18-7-11(17)8-3-1-2-4-8/h5-6,8H,1-4,7H2. The van der Waals surface area contributed by atoms with Crippen LogP contribution in [0.5, 0.6) is 5.75 Å². The van der Waals surface area contributed by atoms with E-state index in [0.717, 1.165) is 31.7 Å². The van der Waals surface area contributed by atoms with Gasteiger partial charge in [0.05, 0.1) is 0 Å². The molecule has 0 bridgehead atoms. The van der Waals surface area contributed by atoms with Crippen LogP contribution in [0.15, 0.2) is 16.6 Å². The van der Waals surface area contributed by atoms with E-state index in [2.05, 4.69) is 15.9 Å². The summed E-state index contributed by atoms with van der Waals surface area (Å²) in [5, 5.41) is 0. The first-order valence-corrected chi connectivity index (χ1v) is 6.67. The average molecular weight is 319 g/mol. The second kappa shape index (κ2) is 5.78. The Balaban J connectivity index is 1.99. The highest BCUT2D eigenvalue weighted by Crippen LogP contribution is 2.28. The lowest BCUT2D eigenvalue weighted by Gasteiger charge is -2.10. The number of Topliss-reactive ketones (excluding diaryl/α,β-unsaturated/α-hetero) is 1. The van der Waals surface area contributed by atoms with Crippen LogP contribution in [0.4, 0.5) is 8.78 Å². The molecule has 0 spiro atoms. The lowest BCUT2D eigenvalue weighted by atomic mass is 10.0. The molecule has 1 saturated carbocycles. The van der Waals surface area contributed by atoms with Crippen LogP contribution in [0.1, 0.15) is 25.7 Å². The first-order chi connectivity index (χ1) is 8.58. The van der Waals surface area contributed by atoms with E-state index < -0.39 is 11.6 Å². The first kappa shape index (κ1) is 13.5. The molecule has 1 aromatic carbocycles. The summed E-state index contributed by atoms with van der Waals surface area (Å²) < 4.78 is 31.9. The van der Waals surface area contributed by atoms with Gasteiger partial charge in [0.25, 0.3) is 0 Å². The van der Waals surface area contributed by atoms with E-state index in [1.54, 1.807) is 0 Å². The molecule has 0 N–H and O–H groups in total. The minimum Gasteiger partial charge on any atom is -0.483 e. The third-order valence-corrected chi connectivity index (χ3v) is 3.60. The maximum atomic E-state index is 13.4. The van der Waals surface area contributed by atoms with Crippen LogP contribution in [0, 0.1) is 17.6 Å². The Hall–Kier alpha value is -0.970. The van der Waals surface area contributed by atoms with Crippen molar-refractivity contribution in [3.8, 4) is 5.75 Å². The van der Waals surface area contributed by atoms with Gasteiger partial charge in [0.15, 0.2) is 17.3 Å². The molecule has 0 unspecified atom stereocenters. The van der Waals surface area contributed by atoms with E-state index in [4.69, 9.17) is 4.74 Å². The summed E-state index contributed by atoms with van der Waals surface area (Å²) in [4.78, 5) is 11.7. The second-order valence-electron chi connectivity index (χ2n) is 4.44. The van der Waals surface area contributed by atoms with Crippen molar-refractivity contribution in [2.24, 2.45) is 5.92 Å². The number of rotatable bonds is 4. The molecule has 2 rings (SSSR count). The molecule has 0 radical (unpaired) electrons. The minimum absolute atomic E-state index is 0.0186. The van der Waals surface area contributed by atoms with E-state index >= 15 is 0 Å². The summed E-state index contributed by atoms with van der Waals surface area (Å²) in [6.45, 7) is -0.197. The van der Waals surface area contributed by atoms with Gasteiger partial charge in [0, 0.05) is 10.4 Å². The third-order valence-electron chi connectivity index (χ3n) is 3.14. The fourth-order valence-electron chi connectivity index (χ4n) is 2.15. The van der Waals surface area contributed by atoms with E-state index in [1.165, 1.54) is 6.07 Å². The molecule has 18 heavy (non-hydrogen) atoms. The Kier molecular flexibility index (Phi) is 4.32. The first-order valence-electron chi connectivity index (χ1n) is 5.88. The Bertz CT molecular complexity index is 457. The zero-order valence-corrected chi connectivity index (χ0v) is 11.3. The molecular formula is C13H13BrF2O2. The lowest BCUT2D eigenvalue weighted by Crippen LogP contribution is -2.19. The molecule has 0 heterocycles. The summed E-state index contributed by atoms with van der Waals surface area (Å²) in [5.74, 6) is -2.30. The molecular weight excluding hydrogens is 306 g/mol. The molecule has 0 aromatic heterocycles. The quantitative estimate of drug-likeness (QED) is 0.788. The van der Waals surface area contributed by atoms with Crippen molar-refractivity contribution < 1.29 is 18.3 Å². The highest BCUT2D eigenvalue weighted by atomic mass is 79.9. The van der Waals surface area contributed by atoms with Crippen molar-refractivity contribution in [1.29, 1.82) is 0 Å². The monoisotopic (exact) mass is 318 g/mol. The maximum absolute atomic E-state index is 13.4. The number of benzene rings is 1. The van der Waals surface area contributed by atoms with Gasteiger partial charge in [0.2, 0.25) is 5.82 Å². The van der Waals surface area contributed by atoms with Gasteiger partial charge in [-0.25, -0.2) is 4.39 Å². The van der Waals surface area contributed by atoms with Gasteiger partial charge in [-0.15, -0.1) is 0 Å². The summed E-state index contributed by atoms with van der Waals surface area (Å²) in [6, 6.07) is 2.33. The van der Waals surface area contributed by atoms with E-state index in [-0.39, 0.29) is 24.1 Å². The van der Waals surface area contributed by atoms with Gasteiger partial charge in [-0.2, -0.15) is 4.39 Å². The Morgan fingerprint density at radius 3 is 2.67 bits per heavy atom. The zero-order chi connectivity index (χ0) is 13.1. The molecule has 1 aliphatic rings. The molecule has 1 fully saturated rings. The van der Waals surface area contributed by atoms with Crippen LogP contribution in [0.3, 0.4) is 0 Å². The Morgan fingerprint density at radius 1 is 1.33 bits per heavy atom. The molecule has 0 atom stereocenters. The topological polar surface area (TPSA) is 26.3 Å². The number of hydrogen-bond acceptors (Lipinski definition) is 2. The molecule has 1 aromatic rings. The summed E-state index contributed by atoms with van der Waals surface area (Å²) in [6.07, 6.45) is 3.85. The zero-order valence-electron chi connectivity index (χ0n) is 9.72. The van der Waals surface area contributed by atoms with Crippen molar-refractivity contribution >= 4 is 21.7 Å². The third kappa shape index (κ3) is 3.07. The van der Waals surface area contributed by atoms with Crippen molar-refractivity contribution in [2.75, 3.05) is 6.61 Å². The van der Waals surface area contributed by atoms with E-state index in [0.29, 0.717) is 4.47 Å². The van der Waals surface area contributed by atoms with Crippen LogP contribution in [-0.4, -0.2) is 12.4 Å². The molecule has 98 valence electrons. The summed E-state index contributed by atoms with van der Waals surface area (Å²) in [5.41, 5.74) is 0. The van der Waals surface area contributed by atoms with Crippen molar-refractivity contribution in [3.05, 3.63) is 28.2 Å². The predicted molar refractivity (Wildman–Crippen MR) is 66.5 cm³/mol. The number of ether oxygens (including phenoxy) is 1. The lowest BCUT2D eigenvalue weighted by molar-refractivity contribution is -0.124. The van der Waals surface area contributed by atoms with Crippen molar-refractivity contribution in [1.82, 2.24) is 0 Å². The summed E-state index contributed by atoms with van der Waals surface area (Å²) in [7, 11) is 0. The Morgan fingerprint density at radius 2 is 2.00 bits per heavy atom. The largest absolute Gasteiger partial charge is 0.483 e. The number of hydrogen-bond donors (Lipinski definition) is 0. The SMILES string of the molecule is O=C(COc1cc(Br)cc(F)c1F)C1CCCC1. The minimum atomic E-state index is -1.06. The Labute approximate surface area is 112 Å². The van der Waals surface area contributed by atoms with Crippen LogP contribution in [0.25, 0.3) is 0 Å². The van der Waals surface area contributed by atoms with E-state index in [1.807, 2.05) is 0 Å². The molecule has 0 saturated heterocycles. The highest BCUT2D eigenvalue weighted by molar-refractivity contribution is 9.10. The maximum Gasteiger partial charge on any atom is 0.200 e. The fourth-order valence-corrected chi connectivity index (χ4v) is 2.56. The van der Waals surface area contributed by atoms with Crippen molar-refractivity contribution in [3.63, 3.8) is 0 Å². The van der Waals surface area contributed by atoms with Crippen LogP contribution in [-0.2, 0) is 4.79 Å². The smallest absolute Gasteiger partial charge is 0.200 e. The van der Waals surface area contributed by atoms with Gasteiger partial charge in [-0.05, 0) is 25.0 Å². The van der Waals surface area contributed by atoms with Crippen molar-refractivity contribution in [2.45, 2.75) is 25.7 Å². The second-order valence-corrected chi connectivity index (χ2v) is 5.35. The molecule has 0 aliphatic heterocycles. The molecule has 0 amide bonds. The number of halogens is 3. The van der Waals surface area contributed by atoms with Crippen LogP contribution in [0.2, 0.25) is 0 Å². The fraction of sp³-hybridized carbons (Fsp3) is 0.462. The van der Waals surface area contributed by atoms with Crippen LogP contribution >= 0.6 is 15.9 Å². The summed E-state index contributed by atoms with van der Waals surface area (Å²) >= 11 is 3.05. The van der Waals surface area contributed by atoms with Gasteiger partial charge in [-0.1, -0.05) is 28.8 Å². The van der Waals surface area contributed by atoms with E-state index in [9.17, 15) is 13.6 Å². The normalized spacial score (nSPS) is 15.9. The number of ketones is 1. The van der Waals surface area contributed by atoms with Gasteiger partial charge >= 0.3 is 0 Å². The van der Waals surface area contributed by atoms with Gasteiger partial charge in [0.1, 0.15) is 6.61 Å². The molecule has 2 nitrogen and oxygen atoms in total. The number of carbonyl (C=O) groups is 1.